The summed E-state index contributed by atoms with van der Waals surface area (Å²) < 4.78 is 5.54. The lowest BCUT2D eigenvalue weighted by Crippen LogP contribution is -2.72. The first-order chi connectivity index (χ1) is 14.2. The normalized spacial score (nSPS) is 24.3. The third kappa shape index (κ3) is 3.15. The Hall–Kier alpha value is -2.60. The standard InChI is InChI=1S/C23H27N3O3/c27-21-20-9-4-12-25(20)22(28)23(26(21)17-19-8-5-15-29-19)10-13-24(14-11-23)16-18-6-2-1-3-7-18/h1-3,5-8,15,20H,4,9-14,16-17H2. The zero-order valence-corrected chi connectivity index (χ0v) is 16.6. The Morgan fingerprint density at radius 1 is 0.966 bits per heavy atom. The van der Waals surface area contributed by atoms with Gasteiger partial charge in [0.05, 0.1) is 12.8 Å². The van der Waals surface area contributed by atoms with Gasteiger partial charge in [0.2, 0.25) is 11.8 Å². The van der Waals surface area contributed by atoms with Crippen LogP contribution in [0.3, 0.4) is 0 Å². The first-order valence-corrected chi connectivity index (χ1v) is 10.6. The molecule has 1 aromatic carbocycles. The van der Waals surface area contributed by atoms with Crippen LogP contribution >= 0.6 is 0 Å². The molecule has 2 aromatic rings. The van der Waals surface area contributed by atoms with Gasteiger partial charge in [-0.3, -0.25) is 14.5 Å². The number of piperidine rings is 1. The fourth-order valence-corrected chi connectivity index (χ4v) is 5.23. The third-order valence-corrected chi connectivity index (χ3v) is 6.81. The topological polar surface area (TPSA) is 57.0 Å². The quantitative estimate of drug-likeness (QED) is 0.801. The largest absolute Gasteiger partial charge is 0.467 e. The molecular weight excluding hydrogens is 366 g/mol. The van der Waals surface area contributed by atoms with Crippen LogP contribution in [0.25, 0.3) is 0 Å². The minimum Gasteiger partial charge on any atom is -0.467 e. The van der Waals surface area contributed by atoms with E-state index in [4.69, 9.17) is 4.42 Å². The predicted octanol–water partition coefficient (Wildman–Crippen LogP) is 2.65. The van der Waals surface area contributed by atoms with Gasteiger partial charge in [-0.25, -0.2) is 0 Å². The van der Waals surface area contributed by atoms with Crippen LogP contribution in [0, 0.1) is 0 Å². The number of amides is 2. The van der Waals surface area contributed by atoms with Gasteiger partial charge in [-0.05, 0) is 43.4 Å². The van der Waals surface area contributed by atoms with Gasteiger partial charge in [0.15, 0.2) is 0 Å². The van der Waals surface area contributed by atoms with E-state index < -0.39 is 5.54 Å². The lowest BCUT2D eigenvalue weighted by molar-refractivity contribution is -0.174. The molecule has 0 aliphatic carbocycles. The molecule has 4 heterocycles. The molecular formula is C23H27N3O3. The molecule has 3 saturated heterocycles. The van der Waals surface area contributed by atoms with Crippen LogP contribution in [-0.2, 0) is 22.7 Å². The summed E-state index contributed by atoms with van der Waals surface area (Å²) in [5.41, 5.74) is 0.541. The van der Waals surface area contributed by atoms with E-state index in [9.17, 15) is 9.59 Å². The maximum Gasteiger partial charge on any atom is 0.249 e. The molecule has 1 aromatic heterocycles. The molecule has 3 aliphatic rings. The second kappa shape index (κ2) is 7.34. The fraction of sp³-hybridized carbons (Fsp3) is 0.478. The number of fused-ring (bicyclic) bond motifs is 1. The van der Waals surface area contributed by atoms with Crippen molar-refractivity contribution in [3.05, 3.63) is 60.1 Å². The van der Waals surface area contributed by atoms with Crippen LogP contribution in [0.2, 0.25) is 0 Å². The first kappa shape index (κ1) is 18.4. The number of piperazine rings is 1. The highest BCUT2D eigenvalue weighted by Gasteiger charge is 2.57. The summed E-state index contributed by atoms with van der Waals surface area (Å²) in [4.78, 5) is 33.1. The lowest BCUT2D eigenvalue weighted by atomic mass is 9.81. The highest BCUT2D eigenvalue weighted by molar-refractivity contribution is 6.00. The molecule has 3 fully saturated rings. The average Bonchev–Trinajstić information content (AvgIpc) is 3.44. The zero-order valence-electron chi connectivity index (χ0n) is 16.6. The van der Waals surface area contributed by atoms with Crippen molar-refractivity contribution < 1.29 is 14.0 Å². The maximum atomic E-state index is 13.6. The monoisotopic (exact) mass is 393 g/mol. The van der Waals surface area contributed by atoms with Crippen molar-refractivity contribution in [2.75, 3.05) is 19.6 Å². The Balaban J connectivity index is 1.39. The number of furan rings is 1. The van der Waals surface area contributed by atoms with Crippen molar-refractivity contribution in [2.45, 2.75) is 50.4 Å². The van der Waals surface area contributed by atoms with E-state index in [1.165, 1.54) is 5.56 Å². The summed E-state index contributed by atoms with van der Waals surface area (Å²) in [6.45, 7) is 3.58. The molecule has 3 aliphatic heterocycles. The molecule has 1 spiro atoms. The fourth-order valence-electron chi connectivity index (χ4n) is 5.23. The second-order valence-electron chi connectivity index (χ2n) is 8.45. The van der Waals surface area contributed by atoms with Gasteiger partial charge in [-0.15, -0.1) is 0 Å². The summed E-state index contributed by atoms with van der Waals surface area (Å²) in [7, 11) is 0. The average molecular weight is 393 g/mol. The van der Waals surface area contributed by atoms with Crippen molar-refractivity contribution in [2.24, 2.45) is 0 Å². The van der Waals surface area contributed by atoms with E-state index >= 15 is 0 Å². The Morgan fingerprint density at radius 2 is 1.76 bits per heavy atom. The van der Waals surface area contributed by atoms with Gasteiger partial charge in [-0.1, -0.05) is 30.3 Å². The van der Waals surface area contributed by atoms with E-state index in [1.54, 1.807) is 6.26 Å². The summed E-state index contributed by atoms with van der Waals surface area (Å²) in [5, 5.41) is 0. The van der Waals surface area contributed by atoms with E-state index in [-0.39, 0.29) is 17.9 Å². The van der Waals surface area contributed by atoms with Gasteiger partial charge >= 0.3 is 0 Å². The molecule has 6 heteroatoms. The summed E-state index contributed by atoms with van der Waals surface area (Å²) >= 11 is 0. The van der Waals surface area contributed by atoms with Crippen molar-refractivity contribution in [3.63, 3.8) is 0 Å². The van der Waals surface area contributed by atoms with Crippen molar-refractivity contribution >= 4 is 11.8 Å². The molecule has 5 rings (SSSR count). The number of likely N-dealkylation sites (tertiary alicyclic amines) is 1. The zero-order chi connectivity index (χ0) is 19.8. The van der Waals surface area contributed by atoms with Crippen LogP contribution in [0.5, 0.6) is 0 Å². The molecule has 0 saturated carbocycles. The van der Waals surface area contributed by atoms with E-state index in [0.717, 1.165) is 38.2 Å². The smallest absolute Gasteiger partial charge is 0.249 e. The van der Waals surface area contributed by atoms with Gasteiger partial charge in [0, 0.05) is 26.2 Å². The summed E-state index contributed by atoms with van der Waals surface area (Å²) in [6, 6.07) is 13.9. The minimum atomic E-state index is -0.738. The molecule has 0 radical (unpaired) electrons. The Kier molecular flexibility index (Phi) is 4.66. The third-order valence-electron chi connectivity index (χ3n) is 6.81. The number of carbonyl (C=O) groups excluding carboxylic acids is 2. The van der Waals surface area contributed by atoms with Gasteiger partial charge in [0.1, 0.15) is 17.3 Å². The number of nitrogens with zero attached hydrogens (tertiary/aromatic N) is 3. The van der Waals surface area contributed by atoms with Crippen molar-refractivity contribution in [1.82, 2.24) is 14.7 Å². The molecule has 1 atom stereocenters. The highest BCUT2D eigenvalue weighted by Crippen LogP contribution is 2.40. The summed E-state index contributed by atoms with van der Waals surface area (Å²) in [5.74, 6) is 0.976. The van der Waals surface area contributed by atoms with Gasteiger partial charge in [0.25, 0.3) is 0 Å². The molecule has 0 N–H and O–H groups in total. The van der Waals surface area contributed by atoms with E-state index in [0.29, 0.717) is 25.9 Å². The Bertz CT molecular complexity index is 872. The molecule has 0 bridgehead atoms. The second-order valence-corrected chi connectivity index (χ2v) is 8.45. The Morgan fingerprint density at radius 3 is 2.48 bits per heavy atom. The van der Waals surface area contributed by atoms with Gasteiger partial charge < -0.3 is 14.2 Å². The number of hydrogen-bond donors (Lipinski definition) is 0. The molecule has 152 valence electrons. The van der Waals surface area contributed by atoms with E-state index in [1.807, 2.05) is 28.0 Å². The van der Waals surface area contributed by atoms with Crippen molar-refractivity contribution in [3.8, 4) is 0 Å². The molecule has 2 amide bonds. The Labute approximate surface area is 171 Å². The van der Waals surface area contributed by atoms with E-state index in [2.05, 4.69) is 29.2 Å². The van der Waals surface area contributed by atoms with Crippen LogP contribution in [0.4, 0.5) is 0 Å². The van der Waals surface area contributed by atoms with Crippen LogP contribution in [0.1, 0.15) is 37.0 Å². The highest BCUT2D eigenvalue weighted by atomic mass is 16.3. The number of rotatable bonds is 4. The number of benzene rings is 1. The van der Waals surface area contributed by atoms with Crippen LogP contribution in [-0.4, -0.2) is 57.7 Å². The molecule has 1 unspecified atom stereocenters. The summed E-state index contributed by atoms with van der Waals surface area (Å²) in [6.07, 6.45) is 4.66. The van der Waals surface area contributed by atoms with Gasteiger partial charge in [-0.2, -0.15) is 0 Å². The van der Waals surface area contributed by atoms with Crippen LogP contribution in [0.15, 0.2) is 53.1 Å². The number of carbonyl (C=O) groups is 2. The minimum absolute atomic E-state index is 0.0926. The first-order valence-electron chi connectivity index (χ1n) is 10.6. The maximum absolute atomic E-state index is 13.6. The predicted molar refractivity (Wildman–Crippen MR) is 108 cm³/mol. The number of hydrogen-bond acceptors (Lipinski definition) is 4. The van der Waals surface area contributed by atoms with Crippen molar-refractivity contribution in [1.29, 1.82) is 0 Å². The SMILES string of the molecule is O=C1C2CCCN2C(=O)C2(CCN(Cc3ccccc3)CC2)N1Cc1ccco1. The molecule has 29 heavy (non-hydrogen) atoms. The lowest BCUT2D eigenvalue weighted by Gasteiger charge is -2.53. The van der Waals surface area contributed by atoms with Crippen LogP contribution < -0.4 is 0 Å². The molecule has 6 nitrogen and oxygen atoms in total.